The number of hydrogen-bond donors (Lipinski definition) is 1. The zero-order valence-corrected chi connectivity index (χ0v) is 21.0. The van der Waals surface area contributed by atoms with Gasteiger partial charge in [-0.2, -0.15) is 0 Å². The van der Waals surface area contributed by atoms with Crippen LogP contribution < -0.4 is 5.32 Å². The van der Waals surface area contributed by atoms with Crippen molar-refractivity contribution in [1.82, 2.24) is 10.2 Å². The standard InChI is InChI=1S/C27H25ClN2O7/c1-3-37-27(34)23-21(15-36-13-12-30-24(31)16-8-4-5-9-17(16)25(30)32)29-14-19(26(33)35-2)22(23)18-10-6-7-11-20(18)28/h4-11,14,22,29H,3,12-13,15H2,1-2H3. The van der Waals surface area contributed by atoms with Crippen molar-refractivity contribution in [2.45, 2.75) is 12.8 Å². The van der Waals surface area contributed by atoms with Crippen molar-refractivity contribution in [3.63, 3.8) is 0 Å². The van der Waals surface area contributed by atoms with Crippen molar-refractivity contribution in [2.75, 3.05) is 33.5 Å². The molecule has 0 spiro atoms. The SMILES string of the molecule is CCOC(=O)C1=C(COCCN2C(=O)c3ccccc3C2=O)NC=C(C(=O)OC)C1c1ccccc1Cl. The van der Waals surface area contributed by atoms with E-state index in [0.717, 1.165) is 4.90 Å². The van der Waals surface area contributed by atoms with Gasteiger partial charge in [0, 0.05) is 11.2 Å². The maximum atomic E-state index is 13.1. The molecular weight excluding hydrogens is 500 g/mol. The zero-order chi connectivity index (χ0) is 26.5. The molecule has 0 fully saturated rings. The monoisotopic (exact) mass is 524 g/mol. The molecular formula is C27H25ClN2O7. The summed E-state index contributed by atoms with van der Waals surface area (Å²) in [6, 6.07) is 13.5. The molecule has 192 valence electrons. The summed E-state index contributed by atoms with van der Waals surface area (Å²) in [5.74, 6) is -2.90. The Morgan fingerprint density at radius 3 is 2.27 bits per heavy atom. The molecule has 37 heavy (non-hydrogen) atoms. The van der Waals surface area contributed by atoms with Gasteiger partial charge >= 0.3 is 11.9 Å². The second kappa shape index (κ2) is 11.4. The van der Waals surface area contributed by atoms with Crippen LogP contribution in [0.2, 0.25) is 5.02 Å². The lowest BCUT2D eigenvalue weighted by Crippen LogP contribution is -2.34. The fraction of sp³-hybridized carbons (Fsp3) is 0.259. The van der Waals surface area contributed by atoms with E-state index in [0.29, 0.717) is 27.4 Å². The van der Waals surface area contributed by atoms with Crippen LogP contribution in [0.1, 0.15) is 39.1 Å². The number of hydrogen-bond acceptors (Lipinski definition) is 8. The Morgan fingerprint density at radius 2 is 1.65 bits per heavy atom. The molecule has 0 radical (unpaired) electrons. The normalized spacial score (nSPS) is 16.8. The molecule has 2 aromatic carbocycles. The van der Waals surface area contributed by atoms with Crippen LogP contribution >= 0.6 is 11.6 Å². The van der Waals surface area contributed by atoms with Gasteiger partial charge in [-0.05, 0) is 30.7 Å². The minimum Gasteiger partial charge on any atom is -0.466 e. The van der Waals surface area contributed by atoms with Crippen molar-refractivity contribution in [2.24, 2.45) is 0 Å². The van der Waals surface area contributed by atoms with E-state index in [1.807, 2.05) is 0 Å². The largest absolute Gasteiger partial charge is 0.466 e. The van der Waals surface area contributed by atoms with Crippen LogP contribution in [0.4, 0.5) is 0 Å². The summed E-state index contributed by atoms with van der Waals surface area (Å²) in [7, 11) is 1.25. The third-order valence-corrected chi connectivity index (χ3v) is 6.39. The van der Waals surface area contributed by atoms with Gasteiger partial charge < -0.3 is 19.5 Å². The Bertz CT molecular complexity index is 1280. The predicted molar refractivity (Wildman–Crippen MR) is 134 cm³/mol. The van der Waals surface area contributed by atoms with Gasteiger partial charge in [-0.1, -0.05) is 41.9 Å². The van der Waals surface area contributed by atoms with Crippen molar-refractivity contribution in [1.29, 1.82) is 0 Å². The Labute approximate surface area is 218 Å². The highest BCUT2D eigenvalue weighted by molar-refractivity contribution is 6.31. The third-order valence-electron chi connectivity index (χ3n) is 6.04. The number of nitrogens with zero attached hydrogens (tertiary/aromatic N) is 1. The first-order valence-electron chi connectivity index (χ1n) is 11.6. The Hall–Kier alpha value is -3.95. The van der Waals surface area contributed by atoms with Crippen LogP contribution in [0, 0.1) is 0 Å². The quantitative estimate of drug-likeness (QED) is 0.302. The molecule has 0 aliphatic carbocycles. The molecule has 9 nitrogen and oxygen atoms in total. The molecule has 0 saturated heterocycles. The van der Waals surface area contributed by atoms with E-state index < -0.39 is 17.9 Å². The molecule has 10 heteroatoms. The summed E-state index contributed by atoms with van der Waals surface area (Å²) in [6.45, 7) is 1.77. The van der Waals surface area contributed by atoms with Gasteiger partial charge in [0.05, 0.1) is 67.4 Å². The minimum absolute atomic E-state index is 0.0249. The van der Waals surface area contributed by atoms with E-state index in [1.54, 1.807) is 55.5 Å². The number of esters is 2. The predicted octanol–water partition coefficient (Wildman–Crippen LogP) is 3.21. The Kier molecular flexibility index (Phi) is 8.05. The molecule has 2 aromatic rings. The number of methoxy groups -OCH3 is 1. The van der Waals surface area contributed by atoms with E-state index in [4.69, 9.17) is 25.8 Å². The number of carbonyl (C=O) groups is 4. The molecule has 2 amide bonds. The van der Waals surface area contributed by atoms with Gasteiger partial charge in [0.1, 0.15) is 0 Å². The smallest absolute Gasteiger partial charge is 0.336 e. The number of nitrogens with one attached hydrogen (secondary N) is 1. The lowest BCUT2D eigenvalue weighted by atomic mass is 9.82. The summed E-state index contributed by atoms with van der Waals surface area (Å²) in [4.78, 5) is 52.0. The van der Waals surface area contributed by atoms with E-state index in [-0.39, 0.29) is 49.3 Å². The fourth-order valence-corrected chi connectivity index (χ4v) is 4.57. The van der Waals surface area contributed by atoms with Gasteiger partial charge in [-0.15, -0.1) is 0 Å². The first-order valence-corrected chi connectivity index (χ1v) is 12.0. The summed E-state index contributed by atoms with van der Waals surface area (Å²) in [5, 5.41) is 3.31. The molecule has 0 aromatic heterocycles. The highest BCUT2D eigenvalue weighted by Gasteiger charge is 2.38. The third kappa shape index (κ3) is 5.14. The highest BCUT2D eigenvalue weighted by atomic mass is 35.5. The summed E-state index contributed by atoms with van der Waals surface area (Å²) >= 11 is 6.46. The first kappa shape index (κ1) is 26.1. The number of amides is 2. The van der Waals surface area contributed by atoms with E-state index in [1.165, 1.54) is 13.3 Å². The van der Waals surface area contributed by atoms with Gasteiger partial charge in [0.15, 0.2) is 0 Å². The molecule has 1 N–H and O–H groups in total. The second-order valence-corrected chi connectivity index (χ2v) is 8.57. The van der Waals surface area contributed by atoms with Crippen molar-refractivity contribution in [3.05, 3.63) is 93.3 Å². The number of carbonyl (C=O) groups excluding carboxylic acids is 4. The van der Waals surface area contributed by atoms with Gasteiger partial charge in [0.25, 0.3) is 11.8 Å². The van der Waals surface area contributed by atoms with Crippen LogP contribution in [0.3, 0.4) is 0 Å². The molecule has 2 aliphatic rings. The average Bonchev–Trinajstić information content (AvgIpc) is 3.15. The van der Waals surface area contributed by atoms with Crippen LogP contribution in [0.25, 0.3) is 0 Å². The highest BCUT2D eigenvalue weighted by Crippen LogP contribution is 2.40. The number of halogens is 1. The van der Waals surface area contributed by atoms with Crippen LogP contribution in [0.15, 0.2) is 71.6 Å². The molecule has 1 atom stereocenters. The molecule has 4 rings (SSSR count). The number of fused-ring (bicyclic) bond motifs is 1. The fourth-order valence-electron chi connectivity index (χ4n) is 4.32. The summed E-state index contributed by atoms with van der Waals surface area (Å²) < 4.78 is 16.0. The lowest BCUT2D eigenvalue weighted by Gasteiger charge is -2.29. The lowest BCUT2D eigenvalue weighted by molar-refractivity contribution is -0.139. The van der Waals surface area contributed by atoms with Crippen LogP contribution in [-0.2, 0) is 23.8 Å². The summed E-state index contributed by atoms with van der Waals surface area (Å²) in [6.07, 6.45) is 1.45. The maximum Gasteiger partial charge on any atom is 0.336 e. The minimum atomic E-state index is -0.865. The van der Waals surface area contributed by atoms with Crippen LogP contribution in [0.5, 0.6) is 0 Å². The second-order valence-electron chi connectivity index (χ2n) is 8.16. The van der Waals surface area contributed by atoms with Gasteiger partial charge in [-0.25, -0.2) is 9.59 Å². The van der Waals surface area contributed by atoms with Gasteiger partial charge in [0.2, 0.25) is 0 Å². The molecule has 2 aliphatic heterocycles. The average molecular weight is 525 g/mol. The van der Waals surface area contributed by atoms with Crippen molar-refractivity contribution < 1.29 is 33.4 Å². The number of rotatable bonds is 9. The molecule has 1 unspecified atom stereocenters. The van der Waals surface area contributed by atoms with E-state index in [9.17, 15) is 19.2 Å². The number of benzene rings is 2. The number of ether oxygens (including phenoxy) is 3. The molecule has 0 bridgehead atoms. The maximum absolute atomic E-state index is 13.1. The van der Waals surface area contributed by atoms with E-state index in [2.05, 4.69) is 5.32 Å². The summed E-state index contributed by atoms with van der Waals surface area (Å²) in [5.41, 5.74) is 1.92. The number of dihydropyridines is 1. The van der Waals surface area contributed by atoms with Crippen LogP contribution in [-0.4, -0.2) is 62.1 Å². The van der Waals surface area contributed by atoms with Gasteiger partial charge in [-0.3, -0.25) is 14.5 Å². The zero-order valence-electron chi connectivity index (χ0n) is 20.3. The molecule has 0 saturated carbocycles. The first-order chi connectivity index (χ1) is 17.9. The Morgan fingerprint density at radius 1 is 1.00 bits per heavy atom. The van der Waals surface area contributed by atoms with E-state index >= 15 is 0 Å². The molecule has 2 heterocycles. The van der Waals surface area contributed by atoms with Crippen molar-refractivity contribution >= 4 is 35.4 Å². The topological polar surface area (TPSA) is 111 Å². The Balaban J connectivity index is 1.57. The van der Waals surface area contributed by atoms with Crippen molar-refractivity contribution in [3.8, 4) is 0 Å². The number of imide groups is 1.